The van der Waals surface area contributed by atoms with E-state index in [1.54, 1.807) is 0 Å². The monoisotopic (exact) mass is 241 g/mol. The van der Waals surface area contributed by atoms with Crippen LogP contribution in [0.15, 0.2) is 9.98 Å². The predicted molar refractivity (Wildman–Crippen MR) is 70.3 cm³/mol. The fraction of sp³-hybridized carbons (Fsp3) is 0.727. The van der Waals surface area contributed by atoms with Gasteiger partial charge in [-0.25, -0.2) is 4.99 Å². The zero-order valence-electron chi connectivity index (χ0n) is 10.1. The molecule has 1 amide bonds. The number of amides is 1. The first kappa shape index (κ1) is 13.4. The average molecular weight is 241 g/mol. The van der Waals surface area contributed by atoms with Gasteiger partial charge in [0.05, 0.1) is 0 Å². The summed E-state index contributed by atoms with van der Waals surface area (Å²) in [5, 5.41) is 3.81. The molecule has 16 heavy (non-hydrogen) atoms. The molecule has 1 rings (SSSR count). The van der Waals surface area contributed by atoms with Crippen molar-refractivity contribution in [2.75, 3.05) is 19.3 Å². The molecule has 5 heteroatoms. The van der Waals surface area contributed by atoms with E-state index in [4.69, 9.17) is 0 Å². The summed E-state index contributed by atoms with van der Waals surface area (Å²) >= 11 is 1.42. The number of piperidine rings is 1. The lowest BCUT2D eigenvalue weighted by atomic mass is 9.98. The lowest BCUT2D eigenvalue weighted by Gasteiger charge is -2.19. The molecule has 1 heterocycles. The third-order valence-corrected chi connectivity index (χ3v) is 2.94. The number of thioether (sulfide) groups is 1. The summed E-state index contributed by atoms with van der Waals surface area (Å²) in [7, 11) is 0. The van der Waals surface area contributed by atoms with Gasteiger partial charge >= 0.3 is 0 Å². The van der Waals surface area contributed by atoms with Crippen LogP contribution in [0.4, 0.5) is 0 Å². The molecule has 0 aliphatic carbocycles. The zero-order valence-corrected chi connectivity index (χ0v) is 10.9. The van der Waals surface area contributed by atoms with Crippen LogP contribution in [0.1, 0.15) is 26.7 Å². The molecule has 0 bridgehead atoms. The Labute approximate surface area is 101 Å². The molecule has 1 aliphatic rings. The zero-order chi connectivity index (χ0) is 12.0. The van der Waals surface area contributed by atoms with Gasteiger partial charge in [0.2, 0.25) is 0 Å². The summed E-state index contributed by atoms with van der Waals surface area (Å²) in [4.78, 5) is 20.2. The fourth-order valence-corrected chi connectivity index (χ4v) is 2.02. The number of hydrogen-bond acceptors (Lipinski definition) is 3. The molecule has 0 aromatic rings. The quantitative estimate of drug-likeness (QED) is 0.561. The third-order valence-electron chi connectivity index (χ3n) is 2.40. The van der Waals surface area contributed by atoms with E-state index in [0.717, 1.165) is 31.6 Å². The van der Waals surface area contributed by atoms with Gasteiger partial charge in [-0.3, -0.25) is 4.79 Å². The van der Waals surface area contributed by atoms with Crippen molar-refractivity contribution in [1.82, 2.24) is 5.32 Å². The van der Waals surface area contributed by atoms with Crippen molar-refractivity contribution in [2.24, 2.45) is 15.9 Å². The van der Waals surface area contributed by atoms with Gasteiger partial charge in [0.1, 0.15) is 0 Å². The SMILES string of the molecule is CSC(N=C(C)C)=NC(=O)C1CCNCC1. The van der Waals surface area contributed by atoms with E-state index in [0.29, 0.717) is 5.17 Å². The molecule has 0 spiro atoms. The second kappa shape index (κ2) is 6.81. The normalized spacial score (nSPS) is 18.3. The van der Waals surface area contributed by atoms with Crippen molar-refractivity contribution in [2.45, 2.75) is 26.7 Å². The highest BCUT2D eigenvalue weighted by Crippen LogP contribution is 2.14. The van der Waals surface area contributed by atoms with Gasteiger partial charge in [-0.2, -0.15) is 4.99 Å². The number of nitrogens with one attached hydrogen (secondary N) is 1. The van der Waals surface area contributed by atoms with E-state index in [1.807, 2.05) is 20.1 Å². The van der Waals surface area contributed by atoms with Crippen LogP contribution in [0.2, 0.25) is 0 Å². The Hall–Kier alpha value is -0.680. The highest BCUT2D eigenvalue weighted by atomic mass is 32.2. The van der Waals surface area contributed by atoms with Crippen molar-refractivity contribution in [3.05, 3.63) is 0 Å². The number of carbonyl (C=O) groups is 1. The molecule has 0 aromatic heterocycles. The first-order valence-corrected chi connectivity index (χ1v) is 6.75. The Bertz CT molecular complexity index is 302. The molecule has 0 radical (unpaired) electrons. The third kappa shape index (κ3) is 4.45. The van der Waals surface area contributed by atoms with Crippen LogP contribution in [0, 0.1) is 5.92 Å². The Morgan fingerprint density at radius 2 is 1.88 bits per heavy atom. The van der Waals surface area contributed by atoms with Gasteiger partial charge < -0.3 is 5.32 Å². The summed E-state index contributed by atoms with van der Waals surface area (Å²) in [5.74, 6) is 0.0617. The van der Waals surface area contributed by atoms with Crippen molar-refractivity contribution in [3.8, 4) is 0 Å². The molecular formula is C11H19N3OS. The topological polar surface area (TPSA) is 53.8 Å². The highest BCUT2D eigenvalue weighted by molar-refractivity contribution is 8.13. The minimum atomic E-state index is -0.0177. The summed E-state index contributed by atoms with van der Waals surface area (Å²) in [6.45, 7) is 5.63. The molecular weight excluding hydrogens is 222 g/mol. The Balaban J connectivity index is 2.64. The standard InChI is InChI=1S/C11H19N3OS/c1-8(2)13-11(16-3)14-10(15)9-4-6-12-7-5-9/h9,12H,4-7H2,1-3H3. The number of amidine groups is 1. The van der Waals surface area contributed by atoms with Crippen LogP contribution in [-0.2, 0) is 4.79 Å². The van der Waals surface area contributed by atoms with E-state index >= 15 is 0 Å². The molecule has 4 nitrogen and oxygen atoms in total. The Morgan fingerprint density at radius 1 is 1.25 bits per heavy atom. The molecule has 0 saturated carbocycles. The molecule has 0 atom stereocenters. The second-order valence-corrected chi connectivity index (χ2v) is 4.79. The van der Waals surface area contributed by atoms with E-state index in [9.17, 15) is 4.79 Å². The predicted octanol–water partition coefficient (Wildman–Crippen LogP) is 1.71. The minimum Gasteiger partial charge on any atom is -0.317 e. The smallest absolute Gasteiger partial charge is 0.251 e. The summed E-state index contributed by atoms with van der Waals surface area (Å²) in [6.07, 6.45) is 3.67. The average Bonchev–Trinajstić information content (AvgIpc) is 2.28. The summed E-state index contributed by atoms with van der Waals surface area (Å²) in [5.41, 5.74) is 0.922. The lowest BCUT2D eigenvalue weighted by molar-refractivity contribution is -0.122. The van der Waals surface area contributed by atoms with Crippen LogP contribution < -0.4 is 5.32 Å². The minimum absolute atomic E-state index is 0.0177. The van der Waals surface area contributed by atoms with Gasteiger partial charge in [0, 0.05) is 11.6 Å². The van der Waals surface area contributed by atoms with E-state index < -0.39 is 0 Å². The first-order chi connectivity index (χ1) is 7.63. The van der Waals surface area contributed by atoms with E-state index in [2.05, 4.69) is 15.3 Å². The lowest BCUT2D eigenvalue weighted by Crippen LogP contribution is -2.31. The number of aliphatic imine (C=N–C) groups is 2. The van der Waals surface area contributed by atoms with Gasteiger partial charge in [-0.1, -0.05) is 11.8 Å². The number of rotatable bonds is 1. The van der Waals surface area contributed by atoms with Crippen LogP contribution in [0.25, 0.3) is 0 Å². The summed E-state index contributed by atoms with van der Waals surface area (Å²) in [6, 6.07) is 0. The van der Waals surface area contributed by atoms with Gasteiger partial charge in [-0.15, -0.1) is 0 Å². The van der Waals surface area contributed by atoms with Crippen molar-refractivity contribution >= 4 is 28.5 Å². The molecule has 1 fully saturated rings. The first-order valence-electron chi connectivity index (χ1n) is 5.52. The van der Waals surface area contributed by atoms with Crippen molar-refractivity contribution < 1.29 is 4.79 Å². The van der Waals surface area contributed by atoms with E-state index in [1.165, 1.54) is 11.8 Å². The number of carbonyl (C=O) groups excluding carboxylic acids is 1. The van der Waals surface area contributed by atoms with Gasteiger partial charge in [-0.05, 0) is 46.0 Å². The fourth-order valence-electron chi connectivity index (χ4n) is 1.56. The number of nitrogens with zero attached hydrogens (tertiary/aromatic N) is 2. The molecule has 0 aromatic carbocycles. The maximum absolute atomic E-state index is 11.9. The molecule has 1 aliphatic heterocycles. The van der Waals surface area contributed by atoms with Crippen LogP contribution in [0.5, 0.6) is 0 Å². The van der Waals surface area contributed by atoms with Crippen LogP contribution in [-0.4, -0.2) is 36.1 Å². The maximum atomic E-state index is 11.9. The molecule has 1 N–H and O–H groups in total. The van der Waals surface area contributed by atoms with Crippen molar-refractivity contribution in [3.63, 3.8) is 0 Å². The largest absolute Gasteiger partial charge is 0.317 e. The molecule has 1 saturated heterocycles. The number of hydrogen-bond donors (Lipinski definition) is 1. The highest BCUT2D eigenvalue weighted by Gasteiger charge is 2.20. The Kier molecular flexibility index (Phi) is 5.69. The van der Waals surface area contributed by atoms with Crippen LogP contribution >= 0.6 is 11.8 Å². The molecule has 90 valence electrons. The molecule has 0 unspecified atom stereocenters. The van der Waals surface area contributed by atoms with Crippen molar-refractivity contribution in [1.29, 1.82) is 0 Å². The maximum Gasteiger partial charge on any atom is 0.251 e. The Morgan fingerprint density at radius 3 is 2.38 bits per heavy atom. The van der Waals surface area contributed by atoms with Gasteiger partial charge in [0.25, 0.3) is 5.91 Å². The van der Waals surface area contributed by atoms with Crippen LogP contribution in [0.3, 0.4) is 0 Å². The van der Waals surface area contributed by atoms with Gasteiger partial charge in [0.15, 0.2) is 5.17 Å². The second-order valence-electron chi connectivity index (χ2n) is 4.02. The van der Waals surface area contributed by atoms with E-state index in [-0.39, 0.29) is 11.8 Å². The summed E-state index contributed by atoms with van der Waals surface area (Å²) < 4.78 is 0.